The van der Waals surface area contributed by atoms with Crippen molar-refractivity contribution in [1.29, 1.82) is 0 Å². The van der Waals surface area contributed by atoms with Crippen molar-refractivity contribution in [1.82, 2.24) is 0 Å². The van der Waals surface area contributed by atoms with E-state index in [1.165, 1.54) is 26.0 Å². The van der Waals surface area contributed by atoms with Gasteiger partial charge in [0.2, 0.25) is 0 Å². The Morgan fingerprint density at radius 1 is 1.03 bits per heavy atom. The van der Waals surface area contributed by atoms with Gasteiger partial charge in [-0.15, -0.1) is 11.8 Å². The molecule has 30 heavy (non-hydrogen) atoms. The molecule has 3 rings (SSSR count). The zero-order valence-electron chi connectivity index (χ0n) is 16.7. The summed E-state index contributed by atoms with van der Waals surface area (Å²) in [5, 5.41) is 5.93. The molecule has 2 aromatic carbocycles. The summed E-state index contributed by atoms with van der Waals surface area (Å²) in [5.74, 6) is 1.64. The van der Waals surface area contributed by atoms with Crippen molar-refractivity contribution in [3.8, 4) is 11.5 Å². The number of anilines is 2. The predicted molar refractivity (Wildman–Crippen MR) is 119 cm³/mol. The predicted octanol–water partition coefficient (Wildman–Crippen LogP) is 4.54. The molecule has 0 bridgehead atoms. The van der Waals surface area contributed by atoms with Crippen LogP contribution in [0.5, 0.6) is 11.5 Å². The summed E-state index contributed by atoms with van der Waals surface area (Å²) in [4.78, 5) is 25.6. The van der Waals surface area contributed by atoms with Gasteiger partial charge in [0, 0.05) is 23.1 Å². The molecule has 0 radical (unpaired) electrons. The fourth-order valence-electron chi connectivity index (χ4n) is 2.78. The minimum absolute atomic E-state index is 0.230. The number of rotatable bonds is 6. The van der Waals surface area contributed by atoms with E-state index >= 15 is 0 Å². The molecule has 0 saturated heterocycles. The van der Waals surface area contributed by atoms with E-state index in [2.05, 4.69) is 10.6 Å². The Morgan fingerprint density at radius 3 is 2.37 bits per heavy atom. The van der Waals surface area contributed by atoms with Crippen LogP contribution >= 0.6 is 23.4 Å². The number of ether oxygens (including phenoxy) is 3. The molecule has 2 aromatic rings. The first-order valence-corrected chi connectivity index (χ1v) is 10.4. The quantitative estimate of drug-likeness (QED) is 0.674. The first-order chi connectivity index (χ1) is 14.4. The Hall–Kier alpha value is -2.84. The minimum Gasteiger partial charge on any atom is -0.496 e. The number of amides is 2. The van der Waals surface area contributed by atoms with Crippen LogP contribution in [0, 0.1) is 0 Å². The third kappa shape index (κ3) is 5.01. The van der Waals surface area contributed by atoms with Gasteiger partial charge in [-0.05, 0) is 37.3 Å². The highest BCUT2D eigenvalue weighted by Crippen LogP contribution is 2.36. The number of hydrogen-bond donors (Lipinski definition) is 2. The third-order valence-corrected chi connectivity index (χ3v) is 5.73. The van der Waals surface area contributed by atoms with E-state index in [1.807, 2.05) is 0 Å². The lowest BCUT2D eigenvalue weighted by molar-refractivity contribution is -0.112. The van der Waals surface area contributed by atoms with Gasteiger partial charge in [0.15, 0.2) is 0 Å². The van der Waals surface area contributed by atoms with Crippen molar-refractivity contribution < 1.29 is 23.8 Å². The zero-order valence-corrected chi connectivity index (χ0v) is 18.3. The Bertz CT molecular complexity index is 992. The molecule has 1 aliphatic heterocycles. The number of halogens is 1. The van der Waals surface area contributed by atoms with Crippen molar-refractivity contribution in [2.75, 3.05) is 37.2 Å². The molecule has 158 valence electrons. The average Bonchev–Trinajstić information content (AvgIpc) is 2.74. The number of methoxy groups -OCH3 is 2. The van der Waals surface area contributed by atoms with E-state index in [-0.39, 0.29) is 11.8 Å². The van der Waals surface area contributed by atoms with Gasteiger partial charge in [0.25, 0.3) is 11.8 Å². The van der Waals surface area contributed by atoms with E-state index in [9.17, 15) is 9.59 Å². The van der Waals surface area contributed by atoms with Crippen molar-refractivity contribution in [2.24, 2.45) is 0 Å². The lowest BCUT2D eigenvalue weighted by atomic mass is 10.1. The Balaban J connectivity index is 1.70. The van der Waals surface area contributed by atoms with Crippen molar-refractivity contribution in [2.45, 2.75) is 6.92 Å². The van der Waals surface area contributed by atoms with E-state index in [0.29, 0.717) is 50.7 Å². The van der Waals surface area contributed by atoms with Crippen LogP contribution in [0.3, 0.4) is 0 Å². The highest BCUT2D eigenvalue weighted by molar-refractivity contribution is 8.04. The minimum atomic E-state index is -0.345. The first-order valence-electron chi connectivity index (χ1n) is 9.03. The fraction of sp³-hybridized carbons (Fsp3) is 0.238. The number of carbonyl (C=O) groups excluding carboxylic acids is 2. The molecule has 0 aromatic heterocycles. The molecule has 0 unspecified atom stereocenters. The van der Waals surface area contributed by atoms with Gasteiger partial charge in [-0.25, -0.2) is 0 Å². The first kappa shape index (κ1) is 21.9. The monoisotopic (exact) mass is 448 g/mol. The van der Waals surface area contributed by atoms with Gasteiger partial charge in [-0.2, -0.15) is 0 Å². The number of thioether (sulfide) groups is 1. The Labute approximate surface area is 183 Å². The van der Waals surface area contributed by atoms with Crippen LogP contribution < -0.4 is 20.1 Å². The normalized spacial score (nSPS) is 13.3. The zero-order chi connectivity index (χ0) is 21.7. The van der Waals surface area contributed by atoms with Gasteiger partial charge in [0.1, 0.15) is 22.2 Å². The van der Waals surface area contributed by atoms with Gasteiger partial charge in [-0.3, -0.25) is 9.59 Å². The average molecular weight is 449 g/mol. The summed E-state index contributed by atoms with van der Waals surface area (Å²) >= 11 is 7.61. The maximum Gasteiger partial charge on any atom is 0.265 e. The van der Waals surface area contributed by atoms with Gasteiger partial charge in [-0.1, -0.05) is 11.6 Å². The van der Waals surface area contributed by atoms with Crippen LogP contribution in [-0.2, 0) is 9.53 Å². The van der Waals surface area contributed by atoms with Gasteiger partial charge >= 0.3 is 0 Å². The van der Waals surface area contributed by atoms with Crippen LogP contribution in [-0.4, -0.2) is 38.4 Å². The Kier molecular flexibility index (Phi) is 7.12. The molecule has 1 heterocycles. The summed E-state index contributed by atoms with van der Waals surface area (Å²) in [6, 6.07) is 9.72. The van der Waals surface area contributed by atoms with Crippen LogP contribution in [0.4, 0.5) is 11.4 Å². The summed E-state index contributed by atoms with van der Waals surface area (Å²) in [6.07, 6.45) is 0. The summed E-state index contributed by atoms with van der Waals surface area (Å²) < 4.78 is 15.9. The largest absolute Gasteiger partial charge is 0.496 e. The number of carbonyl (C=O) groups is 2. The van der Waals surface area contributed by atoms with Crippen molar-refractivity contribution in [3.63, 3.8) is 0 Å². The van der Waals surface area contributed by atoms with Crippen LogP contribution in [0.1, 0.15) is 17.3 Å². The molecule has 0 saturated carbocycles. The summed E-state index contributed by atoms with van der Waals surface area (Å²) in [5.41, 5.74) is 1.41. The number of hydrogen-bond acceptors (Lipinski definition) is 6. The van der Waals surface area contributed by atoms with Crippen LogP contribution in [0.2, 0.25) is 5.02 Å². The van der Waals surface area contributed by atoms with E-state index in [4.69, 9.17) is 25.8 Å². The smallest absolute Gasteiger partial charge is 0.265 e. The summed E-state index contributed by atoms with van der Waals surface area (Å²) in [6.45, 7) is 2.37. The number of allylic oxidation sites excluding steroid dienone is 1. The highest BCUT2D eigenvalue weighted by Gasteiger charge is 2.19. The second-order valence-corrected chi connectivity index (χ2v) is 7.77. The third-order valence-electron chi connectivity index (χ3n) is 4.30. The fourth-order valence-corrected chi connectivity index (χ4v) is 3.83. The molecule has 2 amide bonds. The topological polar surface area (TPSA) is 85.9 Å². The molecule has 0 atom stereocenters. The van der Waals surface area contributed by atoms with E-state index in [0.717, 1.165) is 5.75 Å². The van der Waals surface area contributed by atoms with E-state index < -0.39 is 0 Å². The SMILES string of the molecule is COc1cc(OC)c(NC(=O)c2ccc(NC(=O)C3=C(C)OCCS3)cc2)cc1Cl. The van der Waals surface area contributed by atoms with Crippen molar-refractivity contribution >= 4 is 46.6 Å². The van der Waals surface area contributed by atoms with E-state index in [1.54, 1.807) is 43.3 Å². The van der Waals surface area contributed by atoms with Crippen LogP contribution in [0.25, 0.3) is 0 Å². The molecular formula is C21H21ClN2O5S. The second kappa shape index (κ2) is 9.77. The molecule has 2 N–H and O–H groups in total. The standard InChI is InChI=1S/C21H21ClN2O5S/c1-12-19(30-9-8-29-12)21(26)23-14-6-4-13(5-7-14)20(25)24-16-10-15(22)17(27-2)11-18(16)28-3/h4-7,10-11H,8-9H2,1-3H3,(H,23,26)(H,24,25). The van der Waals surface area contributed by atoms with Crippen LogP contribution in [0.15, 0.2) is 47.1 Å². The maximum absolute atomic E-state index is 12.6. The Morgan fingerprint density at radius 2 is 1.73 bits per heavy atom. The molecule has 1 aliphatic rings. The molecular weight excluding hydrogens is 428 g/mol. The van der Waals surface area contributed by atoms with Gasteiger partial charge < -0.3 is 24.8 Å². The lowest BCUT2D eigenvalue weighted by Crippen LogP contribution is -2.18. The molecule has 0 spiro atoms. The maximum atomic E-state index is 12.6. The second-order valence-electron chi connectivity index (χ2n) is 6.25. The molecule has 0 fully saturated rings. The number of nitrogens with one attached hydrogen (secondary N) is 2. The van der Waals surface area contributed by atoms with Crippen molar-refractivity contribution in [3.05, 3.63) is 57.6 Å². The molecule has 7 nitrogen and oxygen atoms in total. The van der Waals surface area contributed by atoms with Gasteiger partial charge in [0.05, 0.1) is 31.5 Å². The lowest BCUT2D eigenvalue weighted by Gasteiger charge is -2.17. The summed E-state index contributed by atoms with van der Waals surface area (Å²) in [7, 11) is 2.99. The highest BCUT2D eigenvalue weighted by atomic mass is 35.5. The molecule has 0 aliphatic carbocycles. The molecule has 9 heteroatoms. The number of benzene rings is 2.